The van der Waals surface area contributed by atoms with Crippen LogP contribution >= 0.6 is 11.3 Å². The largest absolute Gasteiger partial charge is 0.446 e. The van der Waals surface area contributed by atoms with E-state index in [1.54, 1.807) is 18.3 Å². The highest BCUT2D eigenvalue weighted by Gasteiger charge is 2.58. The summed E-state index contributed by atoms with van der Waals surface area (Å²) in [5, 5.41) is 3.49. The van der Waals surface area contributed by atoms with Crippen molar-refractivity contribution in [2.24, 2.45) is 23.2 Å². The Labute approximate surface area is 209 Å². The van der Waals surface area contributed by atoms with Crippen molar-refractivity contribution in [1.29, 1.82) is 0 Å². The molecular formula is C25H30N2O6S2. The monoisotopic (exact) mass is 518 g/mol. The fourth-order valence-electron chi connectivity index (χ4n) is 6.97. The second-order valence-corrected chi connectivity index (χ2v) is 12.7. The molecule has 35 heavy (non-hydrogen) atoms. The minimum atomic E-state index is -4.57. The first-order valence-electron chi connectivity index (χ1n) is 12.1. The summed E-state index contributed by atoms with van der Waals surface area (Å²) in [6, 6.07) is 5.20. The highest BCUT2D eigenvalue weighted by molar-refractivity contribution is 7.81. The summed E-state index contributed by atoms with van der Waals surface area (Å²) in [5.41, 5.74) is 1.87. The molecule has 3 aliphatic rings. The van der Waals surface area contributed by atoms with Gasteiger partial charge in [0.25, 0.3) is 0 Å². The van der Waals surface area contributed by atoms with Gasteiger partial charge in [0.2, 0.25) is 5.91 Å². The van der Waals surface area contributed by atoms with Crippen molar-refractivity contribution in [3.05, 3.63) is 40.4 Å². The molecule has 0 aliphatic heterocycles. The lowest BCUT2D eigenvalue weighted by molar-refractivity contribution is -0.129. The SMILES string of the molecule is Cc1cnc(NC(=O)CCC2CC(=O)C3(C)CCC4c5ccc(OS(=O)(=O)O)cc5CCC4C23)s1. The molecule has 5 rings (SSSR count). The number of ketones is 1. The highest BCUT2D eigenvalue weighted by Crippen LogP contribution is 2.62. The van der Waals surface area contributed by atoms with Gasteiger partial charge in [0.05, 0.1) is 0 Å². The Balaban J connectivity index is 1.33. The van der Waals surface area contributed by atoms with Gasteiger partial charge in [-0.15, -0.1) is 11.3 Å². The number of thiazole rings is 1. The van der Waals surface area contributed by atoms with Gasteiger partial charge >= 0.3 is 10.4 Å². The van der Waals surface area contributed by atoms with Crippen LogP contribution in [0.3, 0.4) is 0 Å². The number of amides is 1. The van der Waals surface area contributed by atoms with Crippen molar-refractivity contribution >= 4 is 38.6 Å². The van der Waals surface area contributed by atoms with Crippen LogP contribution in [0.2, 0.25) is 0 Å². The maximum Gasteiger partial charge on any atom is 0.446 e. The molecule has 1 heterocycles. The zero-order chi connectivity index (χ0) is 25.0. The molecule has 0 radical (unpaired) electrons. The summed E-state index contributed by atoms with van der Waals surface area (Å²) in [5.74, 6) is 1.41. The summed E-state index contributed by atoms with van der Waals surface area (Å²) >= 11 is 1.45. The van der Waals surface area contributed by atoms with Crippen LogP contribution in [0, 0.1) is 30.1 Å². The minimum absolute atomic E-state index is 0.0619. The summed E-state index contributed by atoms with van der Waals surface area (Å²) in [4.78, 5) is 31.0. The van der Waals surface area contributed by atoms with Crippen LogP contribution in [0.1, 0.15) is 67.4 Å². The van der Waals surface area contributed by atoms with Crippen molar-refractivity contribution in [1.82, 2.24) is 4.98 Å². The number of fused-ring (bicyclic) bond motifs is 5. The summed E-state index contributed by atoms with van der Waals surface area (Å²) in [6.07, 6.45) is 6.71. The van der Waals surface area contributed by atoms with Crippen LogP contribution in [0.25, 0.3) is 0 Å². The third-order valence-electron chi connectivity index (χ3n) is 8.35. The lowest BCUT2D eigenvalue weighted by Crippen LogP contribution is -2.44. The summed E-state index contributed by atoms with van der Waals surface area (Å²) in [7, 11) is -4.57. The van der Waals surface area contributed by atoms with Crippen LogP contribution < -0.4 is 9.50 Å². The fraction of sp³-hybridized carbons (Fsp3) is 0.560. The normalized spacial score (nSPS) is 29.7. The van der Waals surface area contributed by atoms with Gasteiger partial charge in [-0.05, 0) is 86.0 Å². The highest BCUT2D eigenvalue weighted by atomic mass is 32.3. The molecular weight excluding hydrogens is 488 g/mol. The molecule has 1 aromatic heterocycles. The predicted molar refractivity (Wildman–Crippen MR) is 132 cm³/mol. The van der Waals surface area contributed by atoms with Crippen molar-refractivity contribution in [3.8, 4) is 5.75 Å². The lowest BCUT2D eigenvalue weighted by atomic mass is 9.54. The van der Waals surface area contributed by atoms with Gasteiger partial charge in [-0.25, -0.2) is 4.98 Å². The molecule has 188 valence electrons. The van der Waals surface area contributed by atoms with E-state index in [-0.39, 0.29) is 34.8 Å². The molecule has 2 fully saturated rings. The van der Waals surface area contributed by atoms with Gasteiger partial charge < -0.3 is 9.50 Å². The molecule has 2 N–H and O–H groups in total. The number of rotatable bonds is 6. The van der Waals surface area contributed by atoms with E-state index in [1.807, 2.05) is 13.0 Å². The molecule has 0 spiro atoms. The number of carbonyl (C=O) groups excluding carboxylic acids is 2. The average Bonchev–Trinajstić information content (AvgIpc) is 3.30. The second kappa shape index (κ2) is 8.97. The molecule has 2 aromatic rings. The van der Waals surface area contributed by atoms with Crippen molar-refractivity contribution in [3.63, 3.8) is 0 Å². The van der Waals surface area contributed by atoms with Gasteiger partial charge in [-0.1, -0.05) is 13.0 Å². The third kappa shape index (κ3) is 4.75. The first-order chi connectivity index (χ1) is 16.5. The van der Waals surface area contributed by atoms with E-state index in [9.17, 15) is 18.0 Å². The standard InChI is InChI=1S/C25H30N2O6S2/c1-14-13-26-24(34-14)27-22(29)8-4-16-12-21(28)25(2)10-9-19-18-7-5-17(33-35(30,31)32)11-15(18)3-6-20(19)23(16)25/h5,7,11,13,16,19-20,23H,3-4,6,8-10,12H2,1-2H3,(H,26,27,29)(H,30,31,32). The minimum Gasteiger partial charge on any atom is -0.362 e. The van der Waals surface area contributed by atoms with Crippen molar-refractivity contribution in [2.75, 3.05) is 5.32 Å². The number of aromatic nitrogens is 1. The first kappa shape index (κ1) is 24.4. The second-order valence-electron chi connectivity index (χ2n) is 10.4. The number of nitrogens with zero attached hydrogens (tertiary/aromatic N) is 1. The average molecular weight is 519 g/mol. The number of hydrogen-bond acceptors (Lipinski definition) is 7. The number of hydrogen-bond donors (Lipinski definition) is 2. The fourth-order valence-corrected chi connectivity index (χ4v) is 7.99. The van der Waals surface area contributed by atoms with E-state index >= 15 is 0 Å². The number of anilines is 1. The van der Waals surface area contributed by atoms with Crippen LogP contribution in [0.4, 0.5) is 5.13 Å². The molecule has 0 saturated heterocycles. The maximum atomic E-state index is 13.2. The molecule has 10 heteroatoms. The van der Waals surface area contributed by atoms with Gasteiger partial charge in [0.1, 0.15) is 11.5 Å². The Hall–Kier alpha value is -2.30. The van der Waals surface area contributed by atoms with Crippen molar-refractivity contribution in [2.45, 2.75) is 64.7 Å². The topological polar surface area (TPSA) is 123 Å². The Morgan fingerprint density at radius 1 is 1.34 bits per heavy atom. The van der Waals surface area contributed by atoms with Gasteiger partial charge in [-0.2, -0.15) is 8.42 Å². The molecule has 5 unspecified atom stereocenters. The summed E-state index contributed by atoms with van der Waals surface area (Å²) < 4.78 is 35.9. The Bertz CT molecular complexity index is 1270. The van der Waals surface area contributed by atoms with Crippen molar-refractivity contribution < 1.29 is 26.7 Å². The van der Waals surface area contributed by atoms with E-state index in [4.69, 9.17) is 4.55 Å². The zero-order valence-corrected chi connectivity index (χ0v) is 21.5. The van der Waals surface area contributed by atoms with E-state index < -0.39 is 10.4 Å². The molecule has 1 aromatic carbocycles. The quantitative estimate of drug-likeness (QED) is 0.531. The Kier molecular flexibility index (Phi) is 6.26. The van der Waals surface area contributed by atoms with Crippen LogP contribution in [0.15, 0.2) is 24.4 Å². The number of carbonyl (C=O) groups is 2. The molecule has 2 saturated carbocycles. The molecule has 3 aliphatic carbocycles. The molecule has 1 amide bonds. The van der Waals surface area contributed by atoms with E-state index in [2.05, 4.69) is 21.4 Å². The third-order valence-corrected chi connectivity index (χ3v) is 9.58. The molecule has 5 atom stereocenters. The van der Waals surface area contributed by atoms with Crippen LogP contribution in [0.5, 0.6) is 5.75 Å². The predicted octanol–water partition coefficient (Wildman–Crippen LogP) is 4.70. The van der Waals surface area contributed by atoms with E-state index in [1.165, 1.54) is 16.9 Å². The summed E-state index contributed by atoms with van der Waals surface area (Å²) in [6.45, 7) is 4.07. The van der Waals surface area contributed by atoms with Gasteiger partial charge in [0, 0.05) is 29.3 Å². The first-order valence-corrected chi connectivity index (χ1v) is 14.3. The number of benzene rings is 1. The van der Waals surface area contributed by atoms with Gasteiger partial charge in [-0.3, -0.25) is 14.1 Å². The Morgan fingerprint density at radius 3 is 2.86 bits per heavy atom. The smallest absolute Gasteiger partial charge is 0.362 e. The maximum absolute atomic E-state index is 13.2. The van der Waals surface area contributed by atoms with E-state index in [0.717, 1.165) is 36.1 Å². The zero-order valence-electron chi connectivity index (χ0n) is 19.8. The number of aryl methyl sites for hydroxylation is 2. The molecule has 8 nitrogen and oxygen atoms in total. The van der Waals surface area contributed by atoms with Crippen LogP contribution in [-0.4, -0.2) is 29.6 Å². The van der Waals surface area contributed by atoms with Gasteiger partial charge in [0.15, 0.2) is 5.13 Å². The Morgan fingerprint density at radius 2 is 2.14 bits per heavy atom. The number of nitrogens with one attached hydrogen (secondary N) is 1. The van der Waals surface area contributed by atoms with Crippen LogP contribution in [-0.2, 0) is 26.4 Å². The molecule has 0 bridgehead atoms. The van der Waals surface area contributed by atoms with E-state index in [0.29, 0.717) is 36.1 Å². The lowest BCUT2D eigenvalue weighted by Gasteiger charge is -2.50. The number of Topliss-reactive ketones (excluding diaryl/α,β-unsaturated/α-hetero) is 1.